The summed E-state index contributed by atoms with van der Waals surface area (Å²) in [6, 6.07) is 0.471. The van der Waals surface area contributed by atoms with Gasteiger partial charge in [-0.25, -0.2) is 17.6 Å². The molecule has 8 heteroatoms. The molecule has 4 nitrogen and oxygen atoms in total. The molecular formula is C7H5F4N2O2-. The third kappa shape index (κ3) is 2.67. The maximum Gasteiger partial charge on any atom is 0.282 e. The highest BCUT2D eigenvalue weighted by Gasteiger charge is 2.20. The average molecular weight is 225 g/mol. The molecule has 0 N–H and O–H groups in total. The van der Waals surface area contributed by atoms with E-state index in [-0.39, 0.29) is 0 Å². The van der Waals surface area contributed by atoms with E-state index in [0.717, 1.165) is 0 Å². The van der Waals surface area contributed by atoms with Crippen LogP contribution in [-0.4, -0.2) is 15.7 Å². The maximum absolute atomic E-state index is 12.2. The van der Waals surface area contributed by atoms with Crippen LogP contribution in [-0.2, 0) is 11.3 Å². The SMILES string of the molecule is O=C([O-])Cn1nc(C(F)F)cc1C(F)F. The Morgan fingerprint density at radius 2 is 2.00 bits per heavy atom. The van der Waals surface area contributed by atoms with Crippen molar-refractivity contribution in [3.63, 3.8) is 0 Å². The van der Waals surface area contributed by atoms with Crippen molar-refractivity contribution in [1.82, 2.24) is 9.78 Å². The molecule has 1 aromatic rings. The number of rotatable bonds is 4. The second kappa shape index (κ2) is 4.28. The highest BCUT2D eigenvalue weighted by Crippen LogP contribution is 2.24. The minimum Gasteiger partial charge on any atom is -0.548 e. The minimum atomic E-state index is -3.07. The Balaban J connectivity index is 3.05. The molecule has 0 aliphatic carbocycles. The monoisotopic (exact) mass is 225 g/mol. The lowest BCUT2D eigenvalue weighted by atomic mass is 10.3. The van der Waals surface area contributed by atoms with Crippen molar-refractivity contribution >= 4 is 5.97 Å². The first-order chi connectivity index (χ1) is 6.91. The quantitative estimate of drug-likeness (QED) is 0.701. The first-order valence-electron chi connectivity index (χ1n) is 3.75. The van der Waals surface area contributed by atoms with Gasteiger partial charge in [0.2, 0.25) is 0 Å². The van der Waals surface area contributed by atoms with Gasteiger partial charge in [-0.1, -0.05) is 0 Å². The lowest BCUT2D eigenvalue weighted by Crippen LogP contribution is -2.28. The van der Waals surface area contributed by atoms with Crippen LogP contribution in [0.2, 0.25) is 0 Å². The zero-order chi connectivity index (χ0) is 11.6. The fourth-order valence-corrected chi connectivity index (χ4v) is 0.983. The van der Waals surface area contributed by atoms with Crippen LogP contribution in [0, 0.1) is 0 Å². The molecule has 0 radical (unpaired) electrons. The minimum absolute atomic E-state index is 0.293. The highest BCUT2D eigenvalue weighted by molar-refractivity contribution is 5.64. The average Bonchev–Trinajstić information content (AvgIpc) is 2.46. The van der Waals surface area contributed by atoms with Gasteiger partial charge in [0.15, 0.2) is 0 Å². The van der Waals surface area contributed by atoms with Gasteiger partial charge in [-0.3, -0.25) is 4.68 Å². The molecule has 1 rings (SSSR count). The lowest BCUT2D eigenvalue weighted by Gasteiger charge is -2.06. The Morgan fingerprint density at radius 1 is 1.40 bits per heavy atom. The largest absolute Gasteiger partial charge is 0.548 e. The molecule has 0 atom stereocenters. The van der Waals surface area contributed by atoms with Crippen molar-refractivity contribution in [2.24, 2.45) is 0 Å². The summed E-state index contributed by atoms with van der Waals surface area (Å²) in [7, 11) is 0. The molecule has 0 aliphatic rings. The van der Waals surface area contributed by atoms with E-state index < -0.39 is 36.8 Å². The van der Waals surface area contributed by atoms with Crippen LogP contribution in [0.3, 0.4) is 0 Å². The predicted molar refractivity (Wildman–Crippen MR) is 37.1 cm³/mol. The molecule has 0 aliphatic heterocycles. The van der Waals surface area contributed by atoms with E-state index in [1.807, 2.05) is 0 Å². The summed E-state index contributed by atoms with van der Waals surface area (Å²) in [4.78, 5) is 10.1. The summed E-state index contributed by atoms with van der Waals surface area (Å²) in [5, 5.41) is 13.2. The molecule has 1 aromatic heterocycles. The van der Waals surface area contributed by atoms with E-state index in [1.54, 1.807) is 0 Å². The van der Waals surface area contributed by atoms with Crippen LogP contribution in [0.5, 0.6) is 0 Å². The second-order valence-electron chi connectivity index (χ2n) is 2.63. The van der Waals surface area contributed by atoms with Gasteiger partial charge in [-0.05, 0) is 6.07 Å². The van der Waals surface area contributed by atoms with Gasteiger partial charge in [0.25, 0.3) is 12.9 Å². The van der Waals surface area contributed by atoms with Gasteiger partial charge < -0.3 is 9.90 Å². The fraction of sp³-hybridized carbons (Fsp3) is 0.429. The Bertz CT molecular complexity index is 364. The standard InChI is InChI=1S/C7H6F4N2O2/c8-6(9)3-1-4(7(10)11)13(12-3)2-5(14)15/h1,6-7H,2H2,(H,14,15)/p-1. The van der Waals surface area contributed by atoms with E-state index in [4.69, 9.17) is 0 Å². The number of alkyl halides is 4. The van der Waals surface area contributed by atoms with Gasteiger partial charge in [-0.15, -0.1) is 0 Å². The molecular weight excluding hydrogens is 220 g/mol. The number of carbonyl (C=O) groups excluding carboxylic acids is 1. The summed E-state index contributed by atoms with van der Waals surface area (Å²) >= 11 is 0. The highest BCUT2D eigenvalue weighted by atomic mass is 19.3. The summed E-state index contributed by atoms with van der Waals surface area (Å²) in [5.41, 5.74) is -1.75. The van der Waals surface area contributed by atoms with Crippen molar-refractivity contribution in [2.75, 3.05) is 0 Å². The first kappa shape index (κ1) is 11.5. The van der Waals surface area contributed by atoms with Gasteiger partial charge in [0, 0.05) is 0 Å². The molecule has 0 amide bonds. The van der Waals surface area contributed by atoms with Crippen LogP contribution < -0.4 is 5.11 Å². The molecule has 0 spiro atoms. The Kier molecular flexibility index (Phi) is 3.28. The van der Waals surface area contributed by atoms with Crippen molar-refractivity contribution < 1.29 is 27.5 Å². The zero-order valence-corrected chi connectivity index (χ0v) is 7.16. The molecule has 0 aromatic carbocycles. The Labute approximate surface area is 81.1 Å². The third-order valence-electron chi connectivity index (χ3n) is 1.56. The lowest BCUT2D eigenvalue weighted by molar-refractivity contribution is -0.306. The van der Waals surface area contributed by atoms with Crippen LogP contribution in [0.4, 0.5) is 17.6 Å². The molecule has 1 heterocycles. The van der Waals surface area contributed by atoms with Crippen LogP contribution in [0.15, 0.2) is 6.07 Å². The predicted octanol–water partition coefficient (Wildman–Crippen LogP) is 0.508. The summed E-state index contributed by atoms with van der Waals surface area (Å²) in [5.74, 6) is -1.68. The zero-order valence-electron chi connectivity index (χ0n) is 7.16. The van der Waals surface area contributed by atoms with Crippen LogP contribution in [0.1, 0.15) is 24.2 Å². The molecule has 84 valence electrons. The van der Waals surface area contributed by atoms with Gasteiger partial charge in [-0.2, -0.15) is 5.10 Å². The maximum atomic E-state index is 12.2. The normalized spacial score (nSPS) is 11.3. The van der Waals surface area contributed by atoms with Crippen LogP contribution >= 0.6 is 0 Å². The number of hydrogen-bond donors (Lipinski definition) is 0. The molecule has 0 fully saturated rings. The number of nitrogens with zero attached hydrogens (tertiary/aromatic N) is 2. The van der Waals surface area contributed by atoms with Gasteiger partial charge in [0.1, 0.15) is 11.4 Å². The van der Waals surface area contributed by atoms with E-state index in [9.17, 15) is 27.5 Å². The van der Waals surface area contributed by atoms with E-state index in [2.05, 4.69) is 5.10 Å². The third-order valence-corrected chi connectivity index (χ3v) is 1.56. The molecule has 0 bridgehead atoms. The van der Waals surface area contributed by atoms with Crippen molar-refractivity contribution in [2.45, 2.75) is 19.4 Å². The Hall–Kier alpha value is -1.60. The molecule has 0 saturated carbocycles. The molecule has 15 heavy (non-hydrogen) atoms. The smallest absolute Gasteiger partial charge is 0.282 e. The summed E-state index contributed by atoms with van der Waals surface area (Å²) in [6.07, 6.45) is -6.09. The number of hydrogen-bond acceptors (Lipinski definition) is 3. The number of aliphatic carboxylic acids is 1. The van der Waals surface area contributed by atoms with E-state index >= 15 is 0 Å². The van der Waals surface area contributed by atoms with Crippen LogP contribution in [0.25, 0.3) is 0 Å². The second-order valence-corrected chi connectivity index (χ2v) is 2.63. The van der Waals surface area contributed by atoms with Crippen molar-refractivity contribution in [1.29, 1.82) is 0 Å². The number of aromatic nitrogens is 2. The number of carboxylic acids is 1. The number of halogens is 4. The fourth-order valence-electron chi connectivity index (χ4n) is 0.983. The topological polar surface area (TPSA) is 57.9 Å². The van der Waals surface area contributed by atoms with Crippen molar-refractivity contribution in [3.05, 3.63) is 17.5 Å². The summed E-state index contributed by atoms with van der Waals surface area (Å²) in [6.45, 7) is -0.980. The van der Waals surface area contributed by atoms with Gasteiger partial charge in [0.05, 0.1) is 12.5 Å². The number of carbonyl (C=O) groups is 1. The van der Waals surface area contributed by atoms with E-state index in [0.29, 0.717) is 10.7 Å². The Morgan fingerprint density at radius 3 is 2.40 bits per heavy atom. The van der Waals surface area contributed by atoms with E-state index in [1.165, 1.54) is 0 Å². The van der Waals surface area contributed by atoms with Crippen molar-refractivity contribution in [3.8, 4) is 0 Å². The van der Waals surface area contributed by atoms with Gasteiger partial charge >= 0.3 is 0 Å². The first-order valence-corrected chi connectivity index (χ1v) is 3.75. The molecule has 0 saturated heterocycles. The summed E-state index contributed by atoms with van der Waals surface area (Å²) < 4.78 is 48.9. The number of carboxylic acid groups (broad SMARTS) is 1. The molecule has 0 unspecified atom stereocenters.